The first kappa shape index (κ1) is 22.8. The number of aromatic nitrogens is 2. The van der Waals surface area contributed by atoms with Crippen molar-refractivity contribution in [2.45, 2.75) is 46.4 Å². The Bertz CT molecular complexity index is 1510. The summed E-state index contributed by atoms with van der Waals surface area (Å²) in [6.07, 6.45) is 1.80. The van der Waals surface area contributed by atoms with Gasteiger partial charge in [-0.2, -0.15) is 5.26 Å². The molecule has 5 nitrogen and oxygen atoms in total. The predicted octanol–water partition coefficient (Wildman–Crippen LogP) is 5.91. The topological polar surface area (TPSA) is 71.1 Å². The number of benzene rings is 3. The van der Waals surface area contributed by atoms with Gasteiger partial charge in [0.25, 0.3) is 0 Å². The van der Waals surface area contributed by atoms with Crippen LogP contribution in [0.15, 0.2) is 60.2 Å². The molecule has 35 heavy (non-hydrogen) atoms. The molecule has 0 saturated carbocycles. The third kappa shape index (κ3) is 4.09. The van der Waals surface area contributed by atoms with Gasteiger partial charge in [0.2, 0.25) is 0 Å². The summed E-state index contributed by atoms with van der Waals surface area (Å²) in [6, 6.07) is 18.8. The zero-order valence-electron chi connectivity index (χ0n) is 19.8. The van der Waals surface area contributed by atoms with Gasteiger partial charge in [-0.05, 0) is 54.3 Å². The lowest BCUT2D eigenvalue weighted by molar-refractivity contribution is 0.283. The van der Waals surface area contributed by atoms with Gasteiger partial charge < -0.3 is 14.4 Å². The quantitative estimate of drug-likeness (QED) is 0.371. The Morgan fingerprint density at radius 1 is 1.17 bits per heavy atom. The highest BCUT2D eigenvalue weighted by Crippen LogP contribution is 2.39. The summed E-state index contributed by atoms with van der Waals surface area (Å²) in [4.78, 5) is 4.85. The van der Waals surface area contributed by atoms with Gasteiger partial charge in [0.1, 0.15) is 24.0 Å². The maximum atomic E-state index is 13.9. The summed E-state index contributed by atoms with van der Waals surface area (Å²) < 4.78 is 22.1. The summed E-state index contributed by atoms with van der Waals surface area (Å²) in [5.41, 5.74) is 7.64. The second-order valence-electron chi connectivity index (χ2n) is 8.84. The number of ether oxygens (including phenoxy) is 1. The summed E-state index contributed by atoms with van der Waals surface area (Å²) in [5.74, 6) is 1.05. The number of para-hydroxylation sites is 1. The fourth-order valence-electron chi connectivity index (χ4n) is 4.85. The first-order valence-corrected chi connectivity index (χ1v) is 11.8. The minimum atomic E-state index is -0.373. The molecule has 1 aromatic heterocycles. The van der Waals surface area contributed by atoms with Crippen LogP contribution >= 0.6 is 0 Å². The van der Waals surface area contributed by atoms with Crippen molar-refractivity contribution in [2.75, 3.05) is 0 Å². The molecule has 0 aliphatic carbocycles. The Hall–Kier alpha value is -3.95. The summed E-state index contributed by atoms with van der Waals surface area (Å²) in [5, 5.41) is 19.5. The Balaban J connectivity index is 1.60. The highest BCUT2D eigenvalue weighted by Gasteiger charge is 2.23. The lowest BCUT2D eigenvalue weighted by Gasteiger charge is -2.14. The van der Waals surface area contributed by atoms with Crippen molar-refractivity contribution in [2.24, 2.45) is 0 Å². The molecule has 0 bridgehead atoms. The molecule has 0 unspecified atom stereocenters. The smallest absolute Gasteiger partial charge is 0.130 e. The van der Waals surface area contributed by atoms with E-state index >= 15 is 0 Å². The van der Waals surface area contributed by atoms with Crippen molar-refractivity contribution < 1.29 is 14.2 Å². The van der Waals surface area contributed by atoms with E-state index in [9.17, 15) is 14.8 Å². The molecule has 0 radical (unpaired) electrons. The van der Waals surface area contributed by atoms with Crippen molar-refractivity contribution in [3.8, 4) is 11.8 Å². The number of hydrogen-bond acceptors (Lipinski definition) is 4. The third-order valence-electron chi connectivity index (χ3n) is 6.50. The van der Waals surface area contributed by atoms with E-state index in [-0.39, 0.29) is 19.0 Å². The molecule has 0 saturated heterocycles. The first-order chi connectivity index (χ1) is 17.0. The van der Waals surface area contributed by atoms with Gasteiger partial charge in [0.05, 0.1) is 23.7 Å². The van der Waals surface area contributed by atoms with E-state index in [4.69, 9.17) is 9.72 Å². The van der Waals surface area contributed by atoms with Gasteiger partial charge >= 0.3 is 0 Å². The molecule has 176 valence electrons. The number of imidazole rings is 1. The van der Waals surface area contributed by atoms with Crippen LogP contribution in [0.25, 0.3) is 16.6 Å². The molecule has 6 heteroatoms. The molecule has 0 fully saturated rings. The number of rotatable bonds is 5. The summed E-state index contributed by atoms with van der Waals surface area (Å²) in [7, 11) is 0. The van der Waals surface area contributed by atoms with E-state index in [1.54, 1.807) is 13.0 Å². The second kappa shape index (κ2) is 9.36. The number of allylic oxidation sites excluding steroid dienone is 1. The van der Waals surface area contributed by atoms with Crippen LogP contribution < -0.4 is 4.74 Å². The highest BCUT2D eigenvalue weighted by molar-refractivity contribution is 5.88. The molecule has 0 atom stereocenters. The Morgan fingerprint density at radius 2 is 2.00 bits per heavy atom. The average Bonchev–Trinajstić information content (AvgIpc) is 3.12. The van der Waals surface area contributed by atoms with E-state index in [2.05, 4.69) is 29.7 Å². The van der Waals surface area contributed by atoms with Gasteiger partial charge in [-0.3, -0.25) is 0 Å². The van der Waals surface area contributed by atoms with Gasteiger partial charge in [-0.25, -0.2) is 9.37 Å². The fraction of sp³-hybridized carbons (Fsp3) is 0.241. The van der Waals surface area contributed by atoms with E-state index in [0.717, 1.165) is 63.1 Å². The van der Waals surface area contributed by atoms with E-state index in [1.165, 1.54) is 12.1 Å². The minimum absolute atomic E-state index is 0.0510. The van der Waals surface area contributed by atoms with Crippen LogP contribution in [0.1, 0.15) is 53.9 Å². The molecule has 3 aromatic carbocycles. The molecule has 2 heterocycles. The van der Waals surface area contributed by atoms with Gasteiger partial charge in [0.15, 0.2) is 0 Å². The molecular formula is C29H26FN3O2. The largest absolute Gasteiger partial charge is 0.488 e. The van der Waals surface area contributed by atoms with E-state index in [1.807, 2.05) is 24.3 Å². The number of aliphatic hydroxyl groups excluding tert-OH is 1. The van der Waals surface area contributed by atoms with Crippen LogP contribution in [0.5, 0.6) is 5.75 Å². The fourth-order valence-corrected chi connectivity index (χ4v) is 4.85. The molecule has 1 N–H and O–H groups in total. The van der Waals surface area contributed by atoms with Crippen molar-refractivity contribution >= 4 is 16.6 Å². The number of halogens is 1. The molecule has 1 aliphatic rings. The monoisotopic (exact) mass is 467 g/mol. The molecule has 5 rings (SSSR count). The maximum absolute atomic E-state index is 13.9. The second-order valence-corrected chi connectivity index (χ2v) is 8.84. The van der Waals surface area contributed by atoms with Gasteiger partial charge in [-0.15, -0.1) is 0 Å². The van der Waals surface area contributed by atoms with Crippen LogP contribution in [0.4, 0.5) is 4.39 Å². The number of aryl methyl sites for hydroxylation is 1. The first-order valence-electron chi connectivity index (χ1n) is 11.8. The lowest BCUT2D eigenvalue weighted by atomic mass is 9.90. The number of nitrogens with zero attached hydrogens (tertiary/aromatic N) is 3. The lowest BCUT2D eigenvalue weighted by Crippen LogP contribution is -2.06. The molecular weight excluding hydrogens is 441 g/mol. The Labute approximate surface area is 203 Å². The minimum Gasteiger partial charge on any atom is -0.488 e. The van der Waals surface area contributed by atoms with Crippen LogP contribution in [0, 0.1) is 17.1 Å². The van der Waals surface area contributed by atoms with E-state index < -0.39 is 0 Å². The average molecular weight is 468 g/mol. The van der Waals surface area contributed by atoms with Crippen LogP contribution in [-0.2, 0) is 26.2 Å². The van der Waals surface area contributed by atoms with Crippen molar-refractivity contribution in [3.05, 3.63) is 99.6 Å². The zero-order valence-corrected chi connectivity index (χ0v) is 19.8. The van der Waals surface area contributed by atoms with Crippen molar-refractivity contribution in [1.82, 2.24) is 9.55 Å². The van der Waals surface area contributed by atoms with Crippen molar-refractivity contribution in [1.29, 1.82) is 5.26 Å². The van der Waals surface area contributed by atoms with Crippen molar-refractivity contribution in [3.63, 3.8) is 0 Å². The number of fused-ring (bicyclic) bond motifs is 3. The molecule has 0 spiro atoms. The summed E-state index contributed by atoms with van der Waals surface area (Å²) in [6.45, 7) is 4.75. The highest BCUT2D eigenvalue weighted by atomic mass is 19.1. The number of hydrogen-bond donors (Lipinski definition) is 1. The van der Waals surface area contributed by atoms with Gasteiger partial charge in [0, 0.05) is 41.3 Å². The zero-order chi connectivity index (χ0) is 24.5. The molecule has 4 aromatic rings. The van der Waals surface area contributed by atoms with Crippen LogP contribution in [0.3, 0.4) is 0 Å². The van der Waals surface area contributed by atoms with Crippen LogP contribution in [0.2, 0.25) is 0 Å². The SMILES string of the molecule is CCCc1nc2c(CO)cccc2n1Cc1ccc2c(c1)COc1cc(F)ccc1/C2=C(/C)C#N. The standard InChI is InChI=1S/C29H26FN3O2/c1-3-5-27-32-29-20(16-34)6-4-7-25(29)33(27)15-19-8-10-23-21(12-19)17-35-26-13-22(30)9-11-24(26)28(23)18(2)14-31/h4,6-13,34H,3,5,15-17H2,1-2H3/b28-18-. The third-order valence-corrected chi connectivity index (χ3v) is 6.50. The number of nitriles is 1. The number of aliphatic hydroxyl groups is 1. The Morgan fingerprint density at radius 3 is 2.77 bits per heavy atom. The van der Waals surface area contributed by atoms with Crippen LogP contribution in [-0.4, -0.2) is 14.7 Å². The maximum Gasteiger partial charge on any atom is 0.130 e. The molecule has 0 amide bonds. The summed E-state index contributed by atoms with van der Waals surface area (Å²) >= 11 is 0. The van der Waals surface area contributed by atoms with E-state index in [0.29, 0.717) is 17.9 Å². The Kier molecular flexibility index (Phi) is 6.10. The normalized spacial score (nSPS) is 14.0. The molecule has 1 aliphatic heterocycles. The van der Waals surface area contributed by atoms with Gasteiger partial charge in [-0.1, -0.05) is 31.2 Å². The predicted molar refractivity (Wildman–Crippen MR) is 133 cm³/mol.